The van der Waals surface area contributed by atoms with E-state index in [1.807, 2.05) is 30.3 Å². The van der Waals surface area contributed by atoms with Crippen LogP contribution in [0.5, 0.6) is 0 Å². The minimum atomic E-state index is -0.948. The van der Waals surface area contributed by atoms with Gasteiger partial charge < -0.3 is 14.7 Å². The van der Waals surface area contributed by atoms with Gasteiger partial charge in [-0.05, 0) is 31.2 Å². The first-order valence-corrected chi connectivity index (χ1v) is 7.70. The quantitative estimate of drug-likeness (QED) is 0.931. The number of benzene rings is 1. The van der Waals surface area contributed by atoms with Crippen molar-refractivity contribution in [1.29, 1.82) is 5.26 Å². The van der Waals surface area contributed by atoms with E-state index in [4.69, 9.17) is 10.00 Å². The molecule has 1 N–H and O–H groups in total. The Morgan fingerprint density at radius 3 is 2.55 bits per heavy atom. The van der Waals surface area contributed by atoms with Gasteiger partial charge in [-0.3, -0.25) is 0 Å². The van der Waals surface area contributed by atoms with Crippen LogP contribution in [0.25, 0.3) is 0 Å². The highest BCUT2D eigenvalue weighted by atomic mass is 16.6. The largest absolute Gasteiger partial charge is 0.445 e. The first-order valence-electron chi connectivity index (χ1n) is 7.70. The molecule has 1 amide bonds. The zero-order chi connectivity index (χ0) is 15.6. The van der Waals surface area contributed by atoms with Gasteiger partial charge in [0.05, 0.1) is 18.1 Å². The van der Waals surface area contributed by atoms with Crippen molar-refractivity contribution in [3.8, 4) is 6.07 Å². The van der Waals surface area contributed by atoms with Crippen molar-refractivity contribution in [2.24, 2.45) is 0 Å². The molecule has 2 bridgehead atoms. The predicted octanol–water partition coefficient (Wildman–Crippen LogP) is 2.59. The molecule has 0 aliphatic carbocycles. The van der Waals surface area contributed by atoms with Gasteiger partial charge in [0.15, 0.2) is 0 Å². The van der Waals surface area contributed by atoms with Gasteiger partial charge in [-0.25, -0.2) is 4.79 Å². The summed E-state index contributed by atoms with van der Waals surface area (Å²) in [7, 11) is 0. The SMILES string of the molecule is N#CCC1(O)CC2CCC(C1)N2C(=O)OCc1ccccc1. The van der Waals surface area contributed by atoms with Crippen molar-refractivity contribution in [2.75, 3.05) is 0 Å². The number of hydrogen-bond donors (Lipinski definition) is 1. The second-order valence-electron chi connectivity index (χ2n) is 6.30. The lowest BCUT2D eigenvalue weighted by Gasteiger charge is -2.42. The Morgan fingerprint density at radius 1 is 1.32 bits per heavy atom. The zero-order valence-electron chi connectivity index (χ0n) is 12.4. The number of amides is 1. The molecule has 5 heteroatoms. The van der Waals surface area contributed by atoms with E-state index in [0.29, 0.717) is 12.8 Å². The average molecular weight is 300 g/mol. The Morgan fingerprint density at radius 2 is 1.95 bits per heavy atom. The Kier molecular flexibility index (Phi) is 4.04. The van der Waals surface area contributed by atoms with Crippen LogP contribution in [0.1, 0.15) is 37.7 Å². The summed E-state index contributed by atoms with van der Waals surface area (Å²) in [6.07, 6.45) is 2.51. The maximum absolute atomic E-state index is 12.4. The highest BCUT2D eigenvalue weighted by molar-refractivity contribution is 5.69. The van der Waals surface area contributed by atoms with Crippen LogP contribution in [-0.4, -0.2) is 33.8 Å². The van der Waals surface area contributed by atoms with Crippen molar-refractivity contribution in [1.82, 2.24) is 4.90 Å². The van der Waals surface area contributed by atoms with Gasteiger partial charge in [-0.1, -0.05) is 30.3 Å². The Balaban J connectivity index is 1.62. The van der Waals surface area contributed by atoms with Crippen molar-refractivity contribution in [3.05, 3.63) is 35.9 Å². The highest BCUT2D eigenvalue weighted by Gasteiger charge is 2.49. The molecule has 2 fully saturated rings. The summed E-state index contributed by atoms with van der Waals surface area (Å²) in [5.74, 6) is 0. The van der Waals surface area contributed by atoms with Crippen LogP contribution in [0.4, 0.5) is 4.79 Å². The van der Waals surface area contributed by atoms with E-state index in [2.05, 4.69) is 6.07 Å². The number of ether oxygens (including phenoxy) is 1. The molecule has 1 aromatic carbocycles. The number of carbonyl (C=O) groups is 1. The second-order valence-corrected chi connectivity index (χ2v) is 6.30. The third kappa shape index (κ3) is 2.93. The molecular weight excluding hydrogens is 280 g/mol. The number of piperidine rings is 1. The minimum absolute atomic E-state index is 0.0135. The number of nitrogens with zero attached hydrogens (tertiary/aromatic N) is 2. The maximum Gasteiger partial charge on any atom is 0.410 e. The average Bonchev–Trinajstić information content (AvgIpc) is 2.79. The van der Waals surface area contributed by atoms with Crippen LogP contribution >= 0.6 is 0 Å². The summed E-state index contributed by atoms with van der Waals surface area (Å²) >= 11 is 0. The lowest BCUT2D eigenvalue weighted by atomic mass is 9.84. The normalized spacial score (nSPS) is 29.9. The number of fused-ring (bicyclic) bond motifs is 2. The molecule has 22 heavy (non-hydrogen) atoms. The standard InChI is InChI=1S/C17H20N2O3/c18-9-8-17(21)10-14-6-7-15(11-17)19(14)16(20)22-12-13-4-2-1-3-5-13/h1-5,14-15,21H,6-8,10-12H2. The lowest BCUT2D eigenvalue weighted by molar-refractivity contribution is -0.0458. The van der Waals surface area contributed by atoms with Gasteiger partial charge in [0.2, 0.25) is 0 Å². The third-order valence-corrected chi connectivity index (χ3v) is 4.68. The molecule has 2 unspecified atom stereocenters. The minimum Gasteiger partial charge on any atom is -0.445 e. The molecule has 116 valence electrons. The van der Waals surface area contributed by atoms with Gasteiger partial charge in [0, 0.05) is 12.1 Å². The number of nitriles is 1. The fourth-order valence-corrected chi connectivity index (χ4v) is 3.71. The summed E-state index contributed by atoms with van der Waals surface area (Å²) in [4.78, 5) is 14.1. The Bertz CT molecular complexity index is 567. The number of hydrogen-bond acceptors (Lipinski definition) is 4. The topological polar surface area (TPSA) is 73.6 Å². The summed E-state index contributed by atoms with van der Waals surface area (Å²) in [5, 5.41) is 19.3. The summed E-state index contributed by atoms with van der Waals surface area (Å²) in [6, 6.07) is 11.6. The summed E-state index contributed by atoms with van der Waals surface area (Å²) in [5.41, 5.74) is 0.0118. The molecule has 3 rings (SSSR count). The molecule has 2 atom stereocenters. The van der Waals surface area contributed by atoms with E-state index in [1.165, 1.54) is 0 Å². The molecule has 0 aromatic heterocycles. The lowest BCUT2D eigenvalue weighted by Crippen LogP contribution is -2.53. The number of aliphatic hydroxyl groups is 1. The summed E-state index contributed by atoms with van der Waals surface area (Å²) in [6.45, 7) is 0.262. The second kappa shape index (κ2) is 5.98. The predicted molar refractivity (Wildman–Crippen MR) is 79.7 cm³/mol. The van der Waals surface area contributed by atoms with Crippen molar-refractivity contribution >= 4 is 6.09 Å². The van der Waals surface area contributed by atoms with E-state index in [0.717, 1.165) is 18.4 Å². The van der Waals surface area contributed by atoms with Gasteiger partial charge in [-0.2, -0.15) is 5.26 Å². The summed E-state index contributed by atoms with van der Waals surface area (Å²) < 4.78 is 5.42. The molecule has 2 aliphatic rings. The van der Waals surface area contributed by atoms with Crippen LogP contribution in [0.3, 0.4) is 0 Å². The number of rotatable bonds is 3. The van der Waals surface area contributed by atoms with E-state index < -0.39 is 5.60 Å². The monoisotopic (exact) mass is 300 g/mol. The van der Waals surface area contributed by atoms with Crippen LogP contribution in [0, 0.1) is 11.3 Å². The van der Waals surface area contributed by atoms with Gasteiger partial charge >= 0.3 is 6.09 Å². The maximum atomic E-state index is 12.4. The molecule has 5 nitrogen and oxygen atoms in total. The van der Waals surface area contributed by atoms with Gasteiger partial charge in [0.25, 0.3) is 0 Å². The van der Waals surface area contributed by atoms with Crippen LogP contribution in [0.2, 0.25) is 0 Å². The van der Waals surface area contributed by atoms with Crippen LogP contribution < -0.4 is 0 Å². The molecule has 2 saturated heterocycles. The highest BCUT2D eigenvalue weighted by Crippen LogP contribution is 2.42. The van der Waals surface area contributed by atoms with E-state index in [9.17, 15) is 9.90 Å². The number of carbonyl (C=O) groups excluding carboxylic acids is 1. The van der Waals surface area contributed by atoms with Crippen molar-refractivity contribution in [3.63, 3.8) is 0 Å². The zero-order valence-corrected chi connectivity index (χ0v) is 12.4. The first-order chi connectivity index (χ1) is 10.6. The van der Waals surface area contributed by atoms with Gasteiger partial charge in [0.1, 0.15) is 6.61 Å². The molecule has 0 saturated carbocycles. The third-order valence-electron chi connectivity index (χ3n) is 4.68. The fraction of sp³-hybridized carbons (Fsp3) is 0.529. The molecule has 1 aromatic rings. The van der Waals surface area contributed by atoms with Crippen molar-refractivity contribution in [2.45, 2.75) is 56.4 Å². The van der Waals surface area contributed by atoms with E-state index in [-0.39, 0.29) is 31.2 Å². The van der Waals surface area contributed by atoms with E-state index >= 15 is 0 Å². The fourth-order valence-electron chi connectivity index (χ4n) is 3.71. The molecule has 2 aliphatic heterocycles. The van der Waals surface area contributed by atoms with Crippen LogP contribution in [0.15, 0.2) is 30.3 Å². The van der Waals surface area contributed by atoms with E-state index in [1.54, 1.807) is 4.90 Å². The van der Waals surface area contributed by atoms with Crippen LogP contribution in [-0.2, 0) is 11.3 Å². The molecular formula is C17H20N2O3. The smallest absolute Gasteiger partial charge is 0.410 e. The Hall–Kier alpha value is -2.06. The Labute approximate surface area is 130 Å². The molecule has 2 heterocycles. The first kappa shape index (κ1) is 14.9. The molecule has 0 radical (unpaired) electrons. The molecule has 0 spiro atoms. The van der Waals surface area contributed by atoms with Gasteiger partial charge in [-0.15, -0.1) is 0 Å². The van der Waals surface area contributed by atoms with Crippen molar-refractivity contribution < 1.29 is 14.6 Å².